The quantitative estimate of drug-likeness (QED) is 0.635. The lowest BCUT2D eigenvalue weighted by Gasteiger charge is -2.32. The second-order valence-electron chi connectivity index (χ2n) is 8.01. The zero-order valence-electron chi connectivity index (χ0n) is 18.2. The summed E-state index contributed by atoms with van der Waals surface area (Å²) in [6.07, 6.45) is 3.63. The lowest BCUT2D eigenvalue weighted by atomic mass is 9.93. The average Bonchev–Trinajstić information content (AvgIpc) is 2.78. The van der Waals surface area contributed by atoms with Gasteiger partial charge in [-0.15, -0.1) is 0 Å². The summed E-state index contributed by atoms with van der Waals surface area (Å²) in [6, 6.07) is 10.3. The molecule has 6 nitrogen and oxygen atoms in total. The largest absolute Gasteiger partial charge is 0.497 e. The summed E-state index contributed by atoms with van der Waals surface area (Å²) < 4.78 is 31.7. The van der Waals surface area contributed by atoms with Gasteiger partial charge in [0.25, 0.3) is 0 Å². The van der Waals surface area contributed by atoms with E-state index in [1.165, 1.54) is 0 Å². The van der Waals surface area contributed by atoms with Crippen LogP contribution in [0.1, 0.15) is 31.2 Å². The number of amides is 3. The highest BCUT2D eigenvalue weighted by Crippen LogP contribution is 2.21. The van der Waals surface area contributed by atoms with Crippen LogP contribution in [0.15, 0.2) is 42.5 Å². The van der Waals surface area contributed by atoms with E-state index in [9.17, 15) is 18.4 Å². The molecule has 1 saturated heterocycles. The van der Waals surface area contributed by atoms with E-state index in [-0.39, 0.29) is 17.6 Å². The van der Waals surface area contributed by atoms with Gasteiger partial charge in [-0.3, -0.25) is 4.79 Å². The van der Waals surface area contributed by atoms with Crippen molar-refractivity contribution in [2.75, 3.05) is 32.1 Å². The van der Waals surface area contributed by atoms with Crippen LogP contribution in [0.5, 0.6) is 5.75 Å². The lowest BCUT2D eigenvalue weighted by Crippen LogP contribution is -2.41. The molecule has 2 aromatic rings. The molecule has 2 aromatic carbocycles. The van der Waals surface area contributed by atoms with Crippen LogP contribution in [-0.4, -0.2) is 43.6 Å². The Labute approximate surface area is 186 Å². The summed E-state index contributed by atoms with van der Waals surface area (Å²) in [5.74, 6) is -0.216. The maximum atomic E-state index is 13.3. The number of anilines is 1. The molecule has 0 saturated carbocycles. The van der Waals surface area contributed by atoms with Crippen LogP contribution < -0.4 is 15.4 Å². The standard InChI is InChI=1S/C24H29F2N3O3/c1-32-22-5-2-17(3-6-22)4-7-23(30)27-11-8-18-9-12-29(13-10-18)24(31)28-21-15-19(25)14-20(26)16-21/h2-3,5-6,14-16,18H,4,7-13H2,1H3,(H,27,30)(H,28,31). The zero-order valence-corrected chi connectivity index (χ0v) is 18.2. The van der Waals surface area contributed by atoms with Crippen LogP contribution in [0, 0.1) is 17.6 Å². The summed E-state index contributed by atoms with van der Waals surface area (Å²) in [6.45, 7) is 1.75. The zero-order chi connectivity index (χ0) is 22.9. The SMILES string of the molecule is COc1ccc(CCC(=O)NCCC2CCN(C(=O)Nc3cc(F)cc(F)c3)CC2)cc1. The van der Waals surface area contributed by atoms with Crippen molar-refractivity contribution in [3.05, 3.63) is 59.7 Å². The Morgan fingerprint density at radius 2 is 1.72 bits per heavy atom. The number of halogens is 2. The summed E-state index contributed by atoms with van der Waals surface area (Å²) in [5, 5.41) is 5.52. The summed E-state index contributed by atoms with van der Waals surface area (Å²) >= 11 is 0. The van der Waals surface area contributed by atoms with Crippen molar-refractivity contribution in [3.63, 3.8) is 0 Å². The molecular formula is C24H29F2N3O3. The Bertz CT molecular complexity index is 893. The molecule has 0 radical (unpaired) electrons. The third-order valence-electron chi connectivity index (χ3n) is 5.69. The first kappa shape index (κ1) is 23.5. The molecule has 3 rings (SSSR count). The van der Waals surface area contributed by atoms with Gasteiger partial charge in [0.05, 0.1) is 7.11 Å². The fourth-order valence-electron chi connectivity index (χ4n) is 3.81. The molecule has 172 valence electrons. The van der Waals surface area contributed by atoms with Crippen molar-refractivity contribution in [1.29, 1.82) is 0 Å². The van der Waals surface area contributed by atoms with Crippen LogP contribution >= 0.6 is 0 Å². The number of methoxy groups -OCH3 is 1. The molecule has 1 fully saturated rings. The highest BCUT2D eigenvalue weighted by molar-refractivity contribution is 5.89. The van der Waals surface area contributed by atoms with E-state index in [2.05, 4.69) is 10.6 Å². The van der Waals surface area contributed by atoms with Crippen molar-refractivity contribution in [1.82, 2.24) is 10.2 Å². The van der Waals surface area contributed by atoms with Gasteiger partial charge in [-0.05, 0) is 61.4 Å². The van der Waals surface area contributed by atoms with E-state index >= 15 is 0 Å². The Hall–Kier alpha value is -3.16. The number of rotatable bonds is 8. The highest BCUT2D eigenvalue weighted by Gasteiger charge is 2.23. The van der Waals surface area contributed by atoms with Gasteiger partial charge >= 0.3 is 6.03 Å². The third-order valence-corrected chi connectivity index (χ3v) is 5.69. The van der Waals surface area contributed by atoms with Gasteiger partial charge in [-0.2, -0.15) is 0 Å². The normalized spacial score (nSPS) is 14.2. The minimum Gasteiger partial charge on any atom is -0.497 e. The Kier molecular flexibility index (Phi) is 8.41. The summed E-state index contributed by atoms with van der Waals surface area (Å²) in [5.41, 5.74) is 1.19. The van der Waals surface area contributed by atoms with Gasteiger partial charge in [0.15, 0.2) is 0 Å². The topological polar surface area (TPSA) is 70.7 Å². The van der Waals surface area contributed by atoms with Crippen molar-refractivity contribution in [2.45, 2.75) is 32.1 Å². The molecule has 1 aliphatic heterocycles. The molecule has 0 unspecified atom stereocenters. The van der Waals surface area contributed by atoms with Crippen molar-refractivity contribution in [3.8, 4) is 5.75 Å². The lowest BCUT2D eigenvalue weighted by molar-refractivity contribution is -0.121. The molecule has 2 N–H and O–H groups in total. The fraction of sp³-hybridized carbons (Fsp3) is 0.417. The molecule has 3 amide bonds. The molecule has 0 aliphatic carbocycles. The van der Waals surface area contributed by atoms with Crippen LogP contribution in [0.25, 0.3) is 0 Å². The number of piperidine rings is 1. The number of benzene rings is 2. The van der Waals surface area contributed by atoms with Crippen LogP contribution in [-0.2, 0) is 11.2 Å². The predicted molar refractivity (Wildman–Crippen MR) is 119 cm³/mol. The van der Waals surface area contributed by atoms with Crippen LogP contribution in [0.2, 0.25) is 0 Å². The van der Waals surface area contributed by atoms with E-state index in [1.54, 1.807) is 12.0 Å². The number of ether oxygens (including phenoxy) is 1. The molecule has 8 heteroatoms. The maximum Gasteiger partial charge on any atom is 0.321 e. The van der Waals surface area contributed by atoms with Crippen LogP contribution in [0.4, 0.5) is 19.3 Å². The fourth-order valence-corrected chi connectivity index (χ4v) is 3.81. The highest BCUT2D eigenvalue weighted by atomic mass is 19.1. The Balaban J connectivity index is 1.31. The monoisotopic (exact) mass is 445 g/mol. The minimum atomic E-state index is -0.731. The number of likely N-dealkylation sites (tertiary alicyclic amines) is 1. The molecule has 0 atom stereocenters. The smallest absolute Gasteiger partial charge is 0.321 e. The number of urea groups is 1. The number of nitrogens with one attached hydrogen (secondary N) is 2. The maximum absolute atomic E-state index is 13.3. The second kappa shape index (κ2) is 11.5. The van der Waals surface area contributed by atoms with Crippen molar-refractivity contribution in [2.24, 2.45) is 5.92 Å². The number of aryl methyl sites for hydroxylation is 1. The van der Waals surface area contributed by atoms with E-state index < -0.39 is 11.6 Å². The third kappa shape index (κ3) is 7.21. The number of hydrogen-bond acceptors (Lipinski definition) is 3. The first-order valence-corrected chi connectivity index (χ1v) is 10.8. The predicted octanol–water partition coefficient (Wildman–Crippen LogP) is 4.36. The second-order valence-corrected chi connectivity index (χ2v) is 8.01. The van der Waals surface area contributed by atoms with Gasteiger partial charge in [0.1, 0.15) is 17.4 Å². The number of nitrogens with zero attached hydrogens (tertiary/aromatic N) is 1. The van der Waals surface area contributed by atoms with Gasteiger partial charge in [0, 0.05) is 37.8 Å². The number of carbonyl (C=O) groups is 2. The number of hydrogen-bond donors (Lipinski definition) is 2. The van der Waals surface area contributed by atoms with Gasteiger partial charge < -0.3 is 20.3 Å². The Morgan fingerprint density at radius 3 is 2.34 bits per heavy atom. The van der Waals surface area contributed by atoms with Gasteiger partial charge in [-0.1, -0.05) is 12.1 Å². The first-order chi connectivity index (χ1) is 15.4. The van der Waals surface area contributed by atoms with Crippen molar-refractivity contribution >= 4 is 17.6 Å². The minimum absolute atomic E-state index is 0.0277. The molecule has 1 aliphatic rings. The van der Waals surface area contributed by atoms with Gasteiger partial charge in [0.2, 0.25) is 5.91 Å². The van der Waals surface area contributed by atoms with E-state index in [0.717, 1.165) is 48.8 Å². The molecular weight excluding hydrogens is 416 g/mol. The summed E-state index contributed by atoms with van der Waals surface area (Å²) in [7, 11) is 1.62. The van der Waals surface area contributed by atoms with E-state index in [4.69, 9.17) is 4.74 Å². The molecule has 0 bridgehead atoms. The van der Waals surface area contributed by atoms with E-state index in [0.29, 0.717) is 38.4 Å². The van der Waals surface area contributed by atoms with Crippen LogP contribution in [0.3, 0.4) is 0 Å². The first-order valence-electron chi connectivity index (χ1n) is 10.8. The summed E-state index contributed by atoms with van der Waals surface area (Å²) in [4.78, 5) is 26.1. The van der Waals surface area contributed by atoms with Gasteiger partial charge in [-0.25, -0.2) is 13.6 Å². The van der Waals surface area contributed by atoms with E-state index in [1.807, 2.05) is 24.3 Å². The average molecular weight is 446 g/mol. The molecule has 1 heterocycles. The van der Waals surface area contributed by atoms with Crippen molar-refractivity contribution < 1.29 is 23.1 Å². The number of carbonyl (C=O) groups excluding carboxylic acids is 2. The molecule has 0 spiro atoms. The Morgan fingerprint density at radius 1 is 1.06 bits per heavy atom. The molecule has 0 aromatic heterocycles. The molecule has 32 heavy (non-hydrogen) atoms.